The molecule has 12 heteroatoms. The predicted molar refractivity (Wildman–Crippen MR) is 566 cm³/mol. The van der Waals surface area contributed by atoms with Crippen LogP contribution in [0.3, 0.4) is 0 Å². The Labute approximate surface area is 791 Å². The van der Waals surface area contributed by atoms with E-state index in [1.54, 1.807) is 0 Å². The molecule has 0 atom stereocenters. The second-order valence-corrected chi connectivity index (χ2v) is 35.2. The summed E-state index contributed by atoms with van der Waals surface area (Å²) in [5.41, 5.74) is 31.8. The number of benzene rings is 20. The van der Waals surface area contributed by atoms with E-state index in [9.17, 15) is 0 Å². The Balaban J connectivity index is 0.000000139. The van der Waals surface area contributed by atoms with Gasteiger partial charge in [0.25, 0.3) is 0 Å². The molecule has 8 heterocycles. The molecule has 20 aromatic carbocycles. The maximum Gasteiger partial charge on any atom is 0.164 e. The summed E-state index contributed by atoms with van der Waals surface area (Å²) in [6, 6.07) is 167. The third kappa shape index (κ3) is 13.4. The molecule has 0 spiro atoms. The highest BCUT2D eigenvalue weighted by Gasteiger charge is 2.25. The molecule has 0 amide bonds. The first-order valence-corrected chi connectivity index (χ1v) is 46.5. The van der Waals surface area contributed by atoms with Gasteiger partial charge in [-0.3, -0.25) is 0 Å². The molecule has 0 fully saturated rings. The molecule has 0 N–H and O–H groups in total. The van der Waals surface area contributed by atoms with Gasteiger partial charge in [0.1, 0.15) is 11.2 Å². The van der Waals surface area contributed by atoms with Crippen LogP contribution in [0.25, 0.3) is 267 Å². The first-order valence-electron chi connectivity index (χ1n) is 46.5. The number of fused-ring (bicyclic) bond motifs is 18. The van der Waals surface area contributed by atoms with Crippen molar-refractivity contribution in [1.82, 2.24) is 48.2 Å². The normalized spacial score (nSPS) is 11.8. The molecule has 28 aromatic rings. The summed E-state index contributed by atoms with van der Waals surface area (Å²) in [6.07, 6.45) is 0. The van der Waals surface area contributed by atoms with Gasteiger partial charge in [0.05, 0.1) is 55.5 Å². The third-order valence-electron chi connectivity index (χ3n) is 27.2. The van der Waals surface area contributed by atoms with Gasteiger partial charge in [-0.25, -0.2) is 29.9 Å². The summed E-state index contributed by atoms with van der Waals surface area (Å²) in [4.78, 5) is 29.7. The molecule has 644 valence electrons. The summed E-state index contributed by atoms with van der Waals surface area (Å²) in [7, 11) is 0. The van der Waals surface area contributed by atoms with Gasteiger partial charge in [-0.1, -0.05) is 346 Å². The molecule has 0 saturated heterocycles. The first kappa shape index (κ1) is 79.0. The molecule has 0 aliphatic heterocycles. The predicted octanol–water partition coefficient (Wildman–Crippen LogP) is 32.6. The Hall–Kier alpha value is -18.8. The smallest absolute Gasteiger partial charge is 0.164 e. The zero-order chi connectivity index (χ0) is 90.8. The van der Waals surface area contributed by atoms with Gasteiger partial charge in [0.2, 0.25) is 0 Å². The molecule has 0 aliphatic rings. The van der Waals surface area contributed by atoms with E-state index in [1.165, 1.54) is 65.3 Å². The lowest BCUT2D eigenvalue weighted by molar-refractivity contribution is 0.666. The number of hydrogen-bond donors (Lipinski definition) is 0. The van der Waals surface area contributed by atoms with Crippen molar-refractivity contribution >= 4 is 131 Å². The highest BCUT2D eigenvalue weighted by Crippen LogP contribution is 2.46. The fraction of sp³-hybridized carbons (Fsp3) is 0. The van der Waals surface area contributed by atoms with Crippen molar-refractivity contribution in [3.05, 3.63) is 473 Å². The topological polar surface area (TPSA) is 123 Å². The Bertz CT molecular complexity index is 9600. The minimum Gasteiger partial charge on any atom is -0.454 e. The second kappa shape index (κ2) is 32.6. The number of furan rings is 2. The van der Waals surface area contributed by atoms with Gasteiger partial charge >= 0.3 is 0 Å². The van der Waals surface area contributed by atoms with Crippen LogP contribution in [0.1, 0.15) is 0 Å². The van der Waals surface area contributed by atoms with Crippen LogP contribution in [0.15, 0.2) is 482 Å². The van der Waals surface area contributed by atoms with Crippen LogP contribution in [0.4, 0.5) is 0 Å². The quantitative estimate of drug-likeness (QED) is 0.105. The SMILES string of the molecule is c1ccc(-c2nc(-c3ccccc3)nc(-c3ccc(-c4ccc(-n5c6ccccc6c6cc(-c7ccc8c(c7)c7ccccc7n8-c7cccc8c7oc7ccccc78)ccc65)cc4)cc3)n2)cc1.c1ccc(-c2nc(-c3ccccc3)nc(-c3cccc(-c4cccc(-n5c6ccccc6c6cc(-c7ccc8c(c7)c7ccccc7n8-c7cccc8c7oc7ccccc78)ccc65)c4)c3)n2)cc1. The molecular formula is C126H78N10O2. The van der Waals surface area contributed by atoms with Gasteiger partial charge < -0.3 is 27.1 Å². The van der Waals surface area contributed by atoms with E-state index in [2.05, 4.69) is 346 Å². The van der Waals surface area contributed by atoms with Crippen LogP contribution in [-0.4, -0.2) is 48.2 Å². The van der Waals surface area contributed by atoms with Crippen LogP contribution < -0.4 is 0 Å². The van der Waals surface area contributed by atoms with Crippen molar-refractivity contribution in [3.63, 3.8) is 0 Å². The molecule has 0 aliphatic carbocycles. The van der Waals surface area contributed by atoms with Crippen molar-refractivity contribution in [2.24, 2.45) is 0 Å². The maximum absolute atomic E-state index is 6.56. The summed E-state index contributed by atoms with van der Waals surface area (Å²) < 4.78 is 22.6. The largest absolute Gasteiger partial charge is 0.454 e. The van der Waals surface area contributed by atoms with E-state index in [1.807, 2.05) is 146 Å². The summed E-state index contributed by atoms with van der Waals surface area (Å²) in [6.45, 7) is 0. The molecule has 0 bridgehead atoms. The van der Waals surface area contributed by atoms with E-state index in [4.69, 9.17) is 38.7 Å². The minimum absolute atomic E-state index is 0.629. The Kier molecular flexibility index (Phi) is 18.7. The summed E-state index contributed by atoms with van der Waals surface area (Å²) in [5, 5.41) is 14.1. The summed E-state index contributed by atoms with van der Waals surface area (Å²) in [5.74, 6) is 3.85. The Morgan fingerprint density at radius 1 is 0.138 bits per heavy atom. The zero-order valence-electron chi connectivity index (χ0n) is 74.3. The average molecular weight is 1760 g/mol. The molecule has 0 saturated carbocycles. The van der Waals surface area contributed by atoms with Crippen LogP contribution in [0.2, 0.25) is 0 Å². The highest BCUT2D eigenvalue weighted by molar-refractivity contribution is 6.18. The first-order chi connectivity index (χ1) is 68.4. The van der Waals surface area contributed by atoms with E-state index in [0.29, 0.717) is 34.9 Å². The molecule has 28 rings (SSSR count). The second-order valence-electron chi connectivity index (χ2n) is 35.2. The lowest BCUT2D eigenvalue weighted by Gasteiger charge is -2.12. The van der Waals surface area contributed by atoms with Gasteiger partial charge in [-0.2, -0.15) is 0 Å². The number of rotatable bonds is 14. The zero-order valence-corrected chi connectivity index (χ0v) is 74.3. The maximum atomic E-state index is 6.56. The number of hydrogen-bond acceptors (Lipinski definition) is 8. The molecule has 8 aromatic heterocycles. The van der Waals surface area contributed by atoms with Crippen molar-refractivity contribution in [3.8, 4) is 136 Å². The molecule has 0 radical (unpaired) electrons. The molecular weight excluding hydrogens is 1690 g/mol. The number of aromatic nitrogens is 10. The fourth-order valence-electron chi connectivity index (χ4n) is 20.7. The van der Waals surface area contributed by atoms with Crippen molar-refractivity contribution in [2.45, 2.75) is 0 Å². The number of nitrogens with zero attached hydrogens (tertiary/aromatic N) is 10. The van der Waals surface area contributed by atoms with E-state index >= 15 is 0 Å². The van der Waals surface area contributed by atoms with Crippen LogP contribution >= 0.6 is 0 Å². The van der Waals surface area contributed by atoms with Crippen LogP contribution in [0.5, 0.6) is 0 Å². The van der Waals surface area contributed by atoms with Gasteiger partial charge in [-0.15, -0.1) is 0 Å². The average Bonchev–Trinajstić information content (AvgIpc) is 1.57. The minimum atomic E-state index is 0.629. The number of para-hydroxylation sites is 8. The van der Waals surface area contributed by atoms with Gasteiger partial charge in [0.15, 0.2) is 46.1 Å². The van der Waals surface area contributed by atoms with Crippen molar-refractivity contribution in [1.29, 1.82) is 0 Å². The third-order valence-corrected chi connectivity index (χ3v) is 27.2. The Morgan fingerprint density at radius 2 is 0.384 bits per heavy atom. The van der Waals surface area contributed by atoms with Crippen LogP contribution in [0, 0.1) is 0 Å². The van der Waals surface area contributed by atoms with Crippen LogP contribution in [-0.2, 0) is 0 Å². The van der Waals surface area contributed by atoms with Crippen molar-refractivity contribution < 1.29 is 8.83 Å². The van der Waals surface area contributed by atoms with Gasteiger partial charge in [0, 0.05) is 109 Å². The van der Waals surface area contributed by atoms with Crippen molar-refractivity contribution in [2.75, 3.05) is 0 Å². The lowest BCUT2D eigenvalue weighted by atomic mass is 10.0. The van der Waals surface area contributed by atoms with E-state index in [-0.39, 0.29) is 0 Å². The standard InChI is InChI=1S/2C63H39N5O/c1-3-16-40(17-4-1)61-64-62(41-18-5-2-6-19-41)66-63(65-61)46-22-13-20-42(36-46)43-21-14-23-47(37-43)67-54-28-10-7-24-48(54)52-38-44(32-34-56(52)67)45-33-35-57-53(39-45)49-25-8-11-29-55(49)68(57)58-30-15-27-51-50-26-9-12-31-59(50)69-60(51)58;1-3-14-42(15-4-1)61-64-62(43-16-5-2-6-17-43)66-63(65-61)44-28-26-40(27-29-44)41-30-34-47(35-31-41)67-54-22-10-7-18-48(54)52-38-45(32-36-56(52)67)46-33-37-57-53(39-46)49-19-8-11-23-55(49)68(57)58-24-13-21-51-50-20-9-12-25-59(50)69-60(51)58/h2*1-39H. The molecule has 138 heavy (non-hydrogen) atoms. The fourth-order valence-corrected chi connectivity index (χ4v) is 20.7. The van der Waals surface area contributed by atoms with E-state index < -0.39 is 0 Å². The van der Waals surface area contributed by atoms with E-state index in [0.717, 1.165) is 166 Å². The highest BCUT2D eigenvalue weighted by atomic mass is 16.3. The molecule has 12 nitrogen and oxygen atoms in total. The van der Waals surface area contributed by atoms with Gasteiger partial charge in [-0.05, 0) is 172 Å². The summed E-state index contributed by atoms with van der Waals surface area (Å²) >= 11 is 0. The Morgan fingerprint density at radius 3 is 0.775 bits per heavy atom. The lowest BCUT2D eigenvalue weighted by Crippen LogP contribution is -2.00. The monoisotopic (exact) mass is 1760 g/mol. The molecule has 0 unspecified atom stereocenters.